The maximum atomic E-state index is 5.99. The summed E-state index contributed by atoms with van der Waals surface area (Å²) >= 11 is 0. The Bertz CT molecular complexity index is 571. The molecule has 0 saturated carbocycles. The molecule has 3 heteroatoms. The normalized spacial score (nSPS) is 11.0. The van der Waals surface area contributed by atoms with E-state index in [2.05, 4.69) is 0 Å². The summed E-state index contributed by atoms with van der Waals surface area (Å²) < 4.78 is 17.3. The largest absolute Gasteiger partial charge is 0.493 e. The predicted octanol–water partition coefficient (Wildman–Crippen LogP) is 4.45. The Balaban J connectivity index is 2.22. The van der Waals surface area contributed by atoms with Crippen LogP contribution >= 0.6 is 0 Å². The van der Waals surface area contributed by atoms with Gasteiger partial charge in [-0.1, -0.05) is 36.4 Å². The van der Waals surface area contributed by atoms with E-state index >= 15 is 0 Å². The van der Waals surface area contributed by atoms with Crippen molar-refractivity contribution in [1.29, 1.82) is 0 Å². The summed E-state index contributed by atoms with van der Waals surface area (Å²) in [6.07, 6.45) is 0. The lowest BCUT2D eigenvalue weighted by Gasteiger charge is -2.24. The fraction of sp³-hybridized carbons (Fsp3) is 0.333. The third kappa shape index (κ3) is 4.42. The molecule has 0 amide bonds. The minimum Gasteiger partial charge on any atom is -0.493 e. The highest BCUT2D eigenvalue weighted by Gasteiger charge is 2.19. The van der Waals surface area contributed by atoms with Gasteiger partial charge in [-0.3, -0.25) is 0 Å². The van der Waals surface area contributed by atoms with Crippen molar-refractivity contribution in [3.63, 3.8) is 0 Å². The molecule has 0 aliphatic rings. The summed E-state index contributed by atoms with van der Waals surface area (Å²) in [6, 6.07) is 15.7. The molecule has 0 spiro atoms. The topological polar surface area (TPSA) is 27.7 Å². The first kappa shape index (κ1) is 15.2. The van der Waals surface area contributed by atoms with Gasteiger partial charge in [0.25, 0.3) is 0 Å². The first-order valence-corrected chi connectivity index (χ1v) is 7.02. The van der Waals surface area contributed by atoms with Gasteiger partial charge in [-0.25, -0.2) is 0 Å². The van der Waals surface area contributed by atoms with Crippen LogP contribution in [0.2, 0.25) is 0 Å². The lowest BCUT2D eigenvalue weighted by molar-refractivity contribution is 0.117. The van der Waals surface area contributed by atoms with Crippen LogP contribution in [0.3, 0.4) is 0 Å². The minimum atomic E-state index is -0.320. The SMILES string of the molecule is COc1cccc(OCc2ccccc2)c1OC(C)(C)C. The van der Waals surface area contributed by atoms with Gasteiger partial charge in [0, 0.05) is 0 Å². The van der Waals surface area contributed by atoms with Gasteiger partial charge in [-0.15, -0.1) is 0 Å². The average molecular weight is 286 g/mol. The van der Waals surface area contributed by atoms with Gasteiger partial charge in [0.05, 0.1) is 7.11 Å². The predicted molar refractivity (Wildman–Crippen MR) is 84.1 cm³/mol. The minimum absolute atomic E-state index is 0.320. The number of para-hydroxylation sites is 1. The number of hydrogen-bond donors (Lipinski definition) is 0. The van der Waals surface area contributed by atoms with E-state index < -0.39 is 0 Å². The third-order valence-corrected chi connectivity index (χ3v) is 2.81. The van der Waals surface area contributed by atoms with Crippen molar-refractivity contribution in [3.05, 3.63) is 54.1 Å². The van der Waals surface area contributed by atoms with E-state index in [-0.39, 0.29) is 5.60 Å². The van der Waals surface area contributed by atoms with Gasteiger partial charge < -0.3 is 14.2 Å². The molecular weight excluding hydrogens is 264 g/mol. The first-order valence-electron chi connectivity index (χ1n) is 7.02. The smallest absolute Gasteiger partial charge is 0.204 e. The van der Waals surface area contributed by atoms with E-state index in [9.17, 15) is 0 Å². The number of methoxy groups -OCH3 is 1. The van der Waals surface area contributed by atoms with Crippen molar-refractivity contribution >= 4 is 0 Å². The molecule has 0 heterocycles. The zero-order valence-electron chi connectivity index (χ0n) is 13.1. The van der Waals surface area contributed by atoms with Crippen molar-refractivity contribution in [3.8, 4) is 17.2 Å². The van der Waals surface area contributed by atoms with Crippen molar-refractivity contribution < 1.29 is 14.2 Å². The Morgan fingerprint density at radius 1 is 0.857 bits per heavy atom. The van der Waals surface area contributed by atoms with Crippen LogP contribution in [-0.4, -0.2) is 12.7 Å². The van der Waals surface area contributed by atoms with Gasteiger partial charge in [0.2, 0.25) is 5.75 Å². The van der Waals surface area contributed by atoms with E-state index in [0.29, 0.717) is 23.9 Å². The maximum absolute atomic E-state index is 5.99. The van der Waals surface area contributed by atoms with Gasteiger partial charge in [-0.2, -0.15) is 0 Å². The number of ether oxygens (including phenoxy) is 3. The van der Waals surface area contributed by atoms with Crippen molar-refractivity contribution in [2.45, 2.75) is 33.0 Å². The van der Waals surface area contributed by atoms with Crippen molar-refractivity contribution in [1.82, 2.24) is 0 Å². The summed E-state index contributed by atoms with van der Waals surface area (Å²) in [5, 5.41) is 0. The molecule has 0 radical (unpaired) electrons. The summed E-state index contributed by atoms with van der Waals surface area (Å²) in [4.78, 5) is 0. The highest BCUT2D eigenvalue weighted by Crippen LogP contribution is 2.39. The second-order valence-corrected chi connectivity index (χ2v) is 5.78. The first-order chi connectivity index (χ1) is 9.99. The molecule has 0 aliphatic heterocycles. The van der Waals surface area contributed by atoms with Crippen LogP contribution in [0.5, 0.6) is 17.2 Å². The molecule has 0 N–H and O–H groups in total. The zero-order valence-corrected chi connectivity index (χ0v) is 13.1. The third-order valence-electron chi connectivity index (χ3n) is 2.81. The molecule has 0 aliphatic carbocycles. The lowest BCUT2D eigenvalue weighted by atomic mass is 10.2. The Kier molecular flexibility index (Phi) is 4.73. The second-order valence-electron chi connectivity index (χ2n) is 5.78. The molecule has 0 unspecified atom stereocenters. The van der Waals surface area contributed by atoms with Crippen LogP contribution in [0.4, 0.5) is 0 Å². The van der Waals surface area contributed by atoms with Crippen LogP contribution < -0.4 is 14.2 Å². The lowest BCUT2D eigenvalue weighted by Crippen LogP contribution is -2.23. The highest BCUT2D eigenvalue weighted by molar-refractivity contribution is 5.51. The van der Waals surface area contributed by atoms with Crippen molar-refractivity contribution in [2.24, 2.45) is 0 Å². The quantitative estimate of drug-likeness (QED) is 0.812. The van der Waals surface area contributed by atoms with E-state index in [1.54, 1.807) is 7.11 Å². The molecule has 21 heavy (non-hydrogen) atoms. The molecule has 0 atom stereocenters. The Morgan fingerprint density at radius 3 is 2.14 bits per heavy atom. The molecule has 0 bridgehead atoms. The van der Waals surface area contributed by atoms with Crippen LogP contribution in [0.25, 0.3) is 0 Å². The van der Waals surface area contributed by atoms with Crippen LogP contribution in [0.15, 0.2) is 48.5 Å². The molecular formula is C18H22O3. The standard InChI is InChI=1S/C18H22O3/c1-18(2,3)21-17-15(19-4)11-8-12-16(17)20-13-14-9-6-5-7-10-14/h5-12H,13H2,1-4H3. The van der Waals surface area contributed by atoms with Crippen LogP contribution in [-0.2, 0) is 6.61 Å². The molecule has 2 rings (SSSR count). The van der Waals surface area contributed by atoms with E-state index in [1.807, 2.05) is 69.3 Å². The maximum Gasteiger partial charge on any atom is 0.204 e. The molecule has 0 aromatic heterocycles. The van der Waals surface area contributed by atoms with Crippen LogP contribution in [0, 0.1) is 0 Å². The fourth-order valence-corrected chi connectivity index (χ4v) is 1.91. The summed E-state index contributed by atoms with van der Waals surface area (Å²) in [5.41, 5.74) is 0.793. The van der Waals surface area contributed by atoms with E-state index in [1.165, 1.54) is 0 Å². The highest BCUT2D eigenvalue weighted by atomic mass is 16.6. The summed E-state index contributed by atoms with van der Waals surface area (Å²) in [7, 11) is 1.63. The van der Waals surface area contributed by atoms with Gasteiger partial charge in [-0.05, 0) is 38.5 Å². The zero-order chi connectivity index (χ0) is 15.3. The Morgan fingerprint density at radius 2 is 1.52 bits per heavy atom. The second kappa shape index (κ2) is 6.53. The van der Waals surface area contributed by atoms with Crippen molar-refractivity contribution in [2.75, 3.05) is 7.11 Å². The Hall–Kier alpha value is -2.16. The van der Waals surface area contributed by atoms with E-state index in [0.717, 1.165) is 5.56 Å². The molecule has 0 fully saturated rings. The monoisotopic (exact) mass is 286 g/mol. The summed E-state index contributed by atoms with van der Waals surface area (Å²) in [6.45, 7) is 6.50. The van der Waals surface area contributed by atoms with Gasteiger partial charge in [0.1, 0.15) is 12.2 Å². The number of rotatable bonds is 5. The molecule has 0 saturated heterocycles. The molecule has 2 aromatic carbocycles. The fourth-order valence-electron chi connectivity index (χ4n) is 1.91. The molecule has 3 nitrogen and oxygen atoms in total. The number of hydrogen-bond acceptors (Lipinski definition) is 3. The summed E-state index contributed by atoms with van der Waals surface area (Å²) in [5.74, 6) is 2.01. The van der Waals surface area contributed by atoms with E-state index in [4.69, 9.17) is 14.2 Å². The van der Waals surface area contributed by atoms with Gasteiger partial charge in [0.15, 0.2) is 11.5 Å². The molecule has 112 valence electrons. The Labute approximate surface area is 126 Å². The van der Waals surface area contributed by atoms with Crippen LogP contribution in [0.1, 0.15) is 26.3 Å². The number of benzene rings is 2. The van der Waals surface area contributed by atoms with Gasteiger partial charge >= 0.3 is 0 Å². The average Bonchev–Trinajstić information content (AvgIpc) is 2.45. The molecule has 2 aromatic rings.